The Hall–Kier alpha value is -2.51. The standard InChI is InChI=1S/C15H13F3N2O3/c16-15(17,18)11-1-4-19-13(7-11)23-12-2-5-20(8-12)14(21)10-3-6-22-9-10/h1,3-4,6-7,9,12H,2,5,8H2. The van der Waals surface area contributed by atoms with Crippen molar-refractivity contribution in [3.8, 4) is 5.88 Å². The lowest BCUT2D eigenvalue weighted by Gasteiger charge is -2.16. The molecular formula is C15H13F3N2O3. The number of halogens is 3. The van der Waals surface area contributed by atoms with Crippen molar-refractivity contribution in [2.24, 2.45) is 0 Å². The van der Waals surface area contributed by atoms with Gasteiger partial charge in [0.1, 0.15) is 12.4 Å². The summed E-state index contributed by atoms with van der Waals surface area (Å²) in [6, 6.07) is 3.31. The molecule has 5 nitrogen and oxygen atoms in total. The minimum Gasteiger partial charge on any atom is -0.472 e. The van der Waals surface area contributed by atoms with Crippen molar-refractivity contribution < 1.29 is 27.1 Å². The minimum atomic E-state index is -4.44. The maximum Gasteiger partial charge on any atom is 0.416 e. The van der Waals surface area contributed by atoms with Crippen molar-refractivity contribution >= 4 is 5.91 Å². The Balaban J connectivity index is 1.63. The number of pyridine rings is 1. The van der Waals surface area contributed by atoms with E-state index in [1.165, 1.54) is 12.5 Å². The van der Waals surface area contributed by atoms with Gasteiger partial charge in [0.25, 0.3) is 5.91 Å². The van der Waals surface area contributed by atoms with Crippen LogP contribution >= 0.6 is 0 Å². The molecule has 0 radical (unpaired) electrons. The molecule has 1 aliphatic rings. The molecule has 0 bridgehead atoms. The summed E-state index contributed by atoms with van der Waals surface area (Å²) >= 11 is 0. The number of alkyl halides is 3. The normalized spacial score (nSPS) is 18.2. The average molecular weight is 326 g/mol. The van der Waals surface area contributed by atoms with Crippen LogP contribution in [0.15, 0.2) is 41.3 Å². The van der Waals surface area contributed by atoms with E-state index in [4.69, 9.17) is 9.15 Å². The van der Waals surface area contributed by atoms with Crippen molar-refractivity contribution in [3.63, 3.8) is 0 Å². The Morgan fingerprint density at radius 1 is 1.39 bits per heavy atom. The molecule has 1 saturated heterocycles. The molecule has 0 aromatic carbocycles. The fourth-order valence-electron chi connectivity index (χ4n) is 2.40. The highest BCUT2D eigenvalue weighted by molar-refractivity contribution is 5.94. The van der Waals surface area contributed by atoms with Crippen molar-refractivity contribution in [1.82, 2.24) is 9.88 Å². The largest absolute Gasteiger partial charge is 0.472 e. The Morgan fingerprint density at radius 2 is 2.22 bits per heavy atom. The molecule has 23 heavy (non-hydrogen) atoms. The summed E-state index contributed by atoms with van der Waals surface area (Å²) in [5.41, 5.74) is -0.380. The Morgan fingerprint density at radius 3 is 2.91 bits per heavy atom. The number of rotatable bonds is 3. The van der Waals surface area contributed by atoms with E-state index in [0.717, 1.165) is 18.3 Å². The van der Waals surface area contributed by atoms with Crippen molar-refractivity contribution in [3.05, 3.63) is 48.0 Å². The van der Waals surface area contributed by atoms with Gasteiger partial charge in [-0.25, -0.2) is 4.98 Å². The zero-order valence-electron chi connectivity index (χ0n) is 11.9. The molecule has 1 fully saturated rings. The van der Waals surface area contributed by atoms with Gasteiger partial charge in [-0.3, -0.25) is 4.79 Å². The predicted octanol–water partition coefficient (Wildman–Crippen LogP) is 2.99. The number of ether oxygens (including phenoxy) is 1. The van der Waals surface area contributed by atoms with Gasteiger partial charge in [0, 0.05) is 25.2 Å². The van der Waals surface area contributed by atoms with Gasteiger partial charge in [-0.2, -0.15) is 13.2 Å². The van der Waals surface area contributed by atoms with Crippen LogP contribution in [0.2, 0.25) is 0 Å². The lowest BCUT2D eigenvalue weighted by molar-refractivity contribution is -0.137. The summed E-state index contributed by atoms with van der Waals surface area (Å²) < 4.78 is 48.3. The monoisotopic (exact) mass is 326 g/mol. The Labute approximate surface area is 129 Å². The van der Waals surface area contributed by atoms with E-state index in [1.807, 2.05) is 0 Å². The SMILES string of the molecule is O=C(c1ccoc1)N1CCC(Oc2cc(C(F)(F)F)ccn2)C1. The molecule has 1 amide bonds. The summed E-state index contributed by atoms with van der Waals surface area (Å²) in [7, 11) is 0. The average Bonchev–Trinajstić information content (AvgIpc) is 3.17. The lowest BCUT2D eigenvalue weighted by Crippen LogP contribution is -2.30. The molecule has 2 aromatic rings. The molecular weight excluding hydrogens is 313 g/mol. The minimum absolute atomic E-state index is 0.0950. The maximum atomic E-state index is 12.7. The quantitative estimate of drug-likeness (QED) is 0.870. The molecule has 1 aliphatic heterocycles. The van der Waals surface area contributed by atoms with Crippen LogP contribution in [0, 0.1) is 0 Å². The van der Waals surface area contributed by atoms with Crippen molar-refractivity contribution in [2.45, 2.75) is 18.7 Å². The summed E-state index contributed by atoms with van der Waals surface area (Å²) in [6.45, 7) is 0.760. The molecule has 3 heterocycles. The smallest absolute Gasteiger partial charge is 0.416 e. The summed E-state index contributed by atoms with van der Waals surface area (Å²) in [5.74, 6) is -0.288. The van der Waals surface area contributed by atoms with Crippen LogP contribution in [-0.4, -0.2) is 35.0 Å². The number of nitrogens with zero attached hydrogens (tertiary/aromatic N) is 2. The van der Waals surface area contributed by atoms with Gasteiger partial charge in [0.05, 0.1) is 23.9 Å². The Kier molecular flexibility index (Phi) is 3.97. The number of carbonyl (C=O) groups excluding carboxylic acids is 1. The summed E-state index contributed by atoms with van der Waals surface area (Å²) in [6.07, 6.45) is -0.487. The number of amides is 1. The number of carbonyl (C=O) groups is 1. The third-order valence-electron chi connectivity index (χ3n) is 3.55. The van der Waals surface area contributed by atoms with Gasteiger partial charge < -0.3 is 14.1 Å². The van der Waals surface area contributed by atoms with Gasteiger partial charge in [0.15, 0.2) is 0 Å². The summed E-state index contributed by atoms with van der Waals surface area (Å²) in [4.78, 5) is 17.5. The molecule has 0 spiro atoms. The molecule has 122 valence electrons. The highest BCUT2D eigenvalue weighted by Gasteiger charge is 2.32. The fourth-order valence-corrected chi connectivity index (χ4v) is 2.40. The van der Waals surface area contributed by atoms with Crippen LogP contribution in [0.4, 0.5) is 13.2 Å². The molecule has 0 aliphatic carbocycles. The van der Waals surface area contributed by atoms with Crippen LogP contribution in [0.25, 0.3) is 0 Å². The van der Waals surface area contributed by atoms with E-state index in [2.05, 4.69) is 4.98 Å². The van der Waals surface area contributed by atoms with Gasteiger partial charge in [-0.05, 0) is 12.1 Å². The van der Waals surface area contributed by atoms with Gasteiger partial charge >= 0.3 is 6.18 Å². The molecule has 0 saturated carbocycles. The first kappa shape index (κ1) is 15.4. The zero-order chi connectivity index (χ0) is 16.4. The number of hydrogen-bond donors (Lipinski definition) is 0. The van der Waals surface area contributed by atoms with E-state index in [9.17, 15) is 18.0 Å². The van der Waals surface area contributed by atoms with Crippen LogP contribution in [0.3, 0.4) is 0 Å². The van der Waals surface area contributed by atoms with E-state index in [1.54, 1.807) is 11.0 Å². The van der Waals surface area contributed by atoms with Crippen LogP contribution in [0.5, 0.6) is 5.88 Å². The van der Waals surface area contributed by atoms with E-state index >= 15 is 0 Å². The van der Waals surface area contributed by atoms with Gasteiger partial charge in [-0.15, -0.1) is 0 Å². The molecule has 8 heteroatoms. The number of furan rings is 1. The molecule has 2 aromatic heterocycles. The molecule has 3 rings (SSSR count). The maximum absolute atomic E-state index is 12.7. The van der Waals surface area contributed by atoms with E-state index in [0.29, 0.717) is 25.1 Å². The van der Waals surface area contributed by atoms with Crippen LogP contribution in [0.1, 0.15) is 22.3 Å². The Bertz CT molecular complexity index is 686. The number of likely N-dealkylation sites (tertiary alicyclic amines) is 1. The number of aromatic nitrogens is 1. The van der Waals surface area contributed by atoms with E-state index < -0.39 is 11.7 Å². The fraction of sp³-hybridized carbons (Fsp3) is 0.333. The molecule has 1 atom stereocenters. The summed E-state index contributed by atoms with van der Waals surface area (Å²) in [5, 5.41) is 0. The second-order valence-electron chi connectivity index (χ2n) is 5.17. The third kappa shape index (κ3) is 3.46. The van der Waals surface area contributed by atoms with Gasteiger partial charge in [-0.1, -0.05) is 0 Å². The molecule has 1 unspecified atom stereocenters. The first-order chi connectivity index (χ1) is 10.9. The number of hydrogen-bond acceptors (Lipinski definition) is 4. The van der Waals surface area contributed by atoms with Crippen molar-refractivity contribution in [1.29, 1.82) is 0 Å². The van der Waals surface area contributed by atoms with Crippen LogP contribution in [-0.2, 0) is 6.18 Å². The van der Waals surface area contributed by atoms with Crippen molar-refractivity contribution in [2.75, 3.05) is 13.1 Å². The van der Waals surface area contributed by atoms with Crippen LogP contribution < -0.4 is 4.74 Å². The highest BCUT2D eigenvalue weighted by Crippen LogP contribution is 2.31. The lowest BCUT2D eigenvalue weighted by atomic mass is 10.2. The molecule has 0 N–H and O–H groups in total. The second kappa shape index (κ2) is 5.94. The van der Waals surface area contributed by atoms with E-state index in [-0.39, 0.29) is 17.9 Å². The van der Waals surface area contributed by atoms with Gasteiger partial charge in [0.2, 0.25) is 5.88 Å². The zero-order valence-corrected chi connectivity index (χ0v) is 11.9. The predicted molar refractivity (Wildman–Crippen MR) is 72.9 cm³/mol. The first-order valence-electron chi connectivity index (χ1n) is 6.95. The third-order valence-corrected chi connectivity index (χ3v) is 3.55. The second-order valence-corrected chi connectivity index (χ2v) is 5.17. The topological polar surface area (TPSA) is 55.6 Å². The highest BCUT2D eigenvalue weighted by atomic mass is 19.4. The first-order valence-corrected chi connectivity index (χ1v) is 6.95.